The van der Waals surface area contributed by atoms with Crippen molar-refractivity contribution in [2.75, 3.05) is 0 Å². The summed E-state index contributed by atoms with van der Waals surface area (Å²) < 4.78 is 0.761. The summed E-state index contributed by atoms with van der Waals surface area (Å²) in [6.07, 6.45) is 5.13. The average Bonchev–Trinajstić information content (AvgIpc) is 3.22. The maximum absolute atomic E-state index is 13.7. The van der Waals surface area contributed by atoms with Gasteiger partial charge in [-0.2, -0.15) is 5.10 Å². The molecule has 33 heavy (non-hydrogen) atoms. The fourth-order valence-corrected chi connectivity index (χ4v) is 5.39. The van der Waals surface area contributed by atoms with Gasteiger partial charge in [0.05, 0.1) is 17.3 Å². The predicted octanol–water partition coefficient (Wildman–Crippen LogP) is 8.19. The molecule has 166 valence electrons. The van der Waals surface area contributed by atoms with Crippen LogP contribution in [0.5, 0.6) is 0 Å². The van der Waals surface area contributed by atoms with Crippen molar-refractivity contribution in [1.29, 1.82) is 0 Å². The zero-order chi connectivity index (χ0) is 22.9. The smallest absolute Gasteiger partial charge is 0.267 e. The van der Waals surface area contributed by atoms with Crippen molar-refractivity contribution in [1.82, 2.24) is 5.01 Å². The Kier molecular flexibility index (Phi) is 6.42. The molecule has 0 bridgehead atoms. The first kappa shape index (κ1) is 22.4. The Balaban J connectivity index is 1.59. The minimum absolute atomic E-state index is 0.116. The molecule has 1 fully saturated rings. The van der Waals surface area contributed by atoms with Crippen molar-refractivity contribution < 1.29 is 4.79 Å². The van der Waals surface area contributed by atoms with E-state index in [2.05, 4.69) is 22.0 Å². The number of carbonyl (C=O) groups is 1. The van der Waals surface area contributed by atoms with Gasteiger partial charge in [0, 0.05) is 20.4 Å². The molecule has 6 heteroatoms. The van der Waals surface area contributed by atoms with Crippen LogP contribution in [0.1, 0.15) is 46.8 Å². The van der Waals surface area contributed by atoms with Crippen LogP contribution >= 0.6 is 39.1 Å². The van der Waals surface area contributed by atoms with E-state index in [-0.39, 0.29) is 17.9 Å². The van der Waals surface area contributed by atoms with E-state index in [9.17, 15) is 4.79 Å². The van der Waals surface area contributed by atoms with Crippen molar-refractivity contribution in [2.45, 2.75) is 25.3 Å². The number of halogens is 3. The maximum atomic E-state index is 13.7. The first-order valence-electron chi connectivity index (χ1n) is 10.9. The second-order valence-electron chi connectivity index (χ2n) is 8.33. The Labute approximate surface area is 211 Å². The summed E-state index contributed by atoms with van der Waals surface area (Å²) in [5, 5.41) is 8.01. The molecular formula is C27H21BrCl2N2O. The van der Waals surface area contributed by atoms with Crippen LogP contribution in [0.25, 0.3) is 6.08 Å². The lowest BCUT2D eigenvalue weighted by Crippen LogP contribution is -2.32. The lowest BCUT2D eigenvalue weighted by molar-refractivity contribution is 0.0680. The Bertz CT molecular complexity index is 1250. The normalized spacial score (nSPS) is 21.1. The largest absolute Gasteiger partial charge is 0.275 e. The zero-order valence-electron chi connectivity index (χ0n) is 17.7. The summed E-state index contributed by atoms with van der Waals surface area (Å²) in [7, 11) is 0. The van der Waals surface area contributed by atoms with E-state index in [1.54, 1.807) is 5.01 Å². The van der Waals surface area contributed by atoms with Crippen molar-refractivity contribution >= 4 is 56.8 Å². The van der Waals surface area contributed by atoms with Gasteiger partial charge in [0.2, 0.25) is 0 Å². The monoisotopic (exact) mass is 538 g/mol. The van der Waals surface area contributed by atoms with Gasteiger partial charge in [-0.1, -0.05) is 59.6 Å². The summed E-state index contributed by atoms with van der Waals surface area (Å²) in [4.78, 5) is 13.7. The number of benzene rings is 3. The molecule has 1 saturated carbocycles. The predicted molar refractivity (Wildman–Crippen MR) is 139 cm³/mol. The molecule has 1 amide bonds. The van der Waals surface area contributed by atoms with Gasteiger partial charge in [-0.3, -0.25) is 4.79 Å². The summed E-state index contributed by atoms with van der Waals surface area (Å²) in [6, 6.07) is 22.9. The van der Waals surface area contributed by atoms with E-state index >= 15 is 0 Å². The second-order valence-corrected chi connectivity index (χ2v) is 10.1. The van der Waals surface area contributed by atoms with Crippen LogP contribution in [0.3, 0.4) is 0 Å². The molecule has 1 aliphatic heterocycles. The van der Waals surface area contributed by atoms with Gasteiger partial charge in [-0.15, -0.1) is 0 Å². The fraction of sp³-hybridized carbons (Fsp3) is 0.185. The van der Waals surface area contributed by atoms with Crippen molar-refractivity contribution in [3.8, 4) is 0 Å². The molecule has 2 atom stereocenters. The van der Waals surface area contributed by atoms with Crippen LogP contribution in [0, 0.1) is 5.92 Å². The first-order valence-corrected chi connectivity index (χ1v) is 12.4. The quantitative estimate of drug-likeness (QED) is 0.330. The molecule has 2 aliphatic rings. The van der Waals surface area contributed by atoms with Gasteiger partial charge < -0.3 is 0 Å². The third-order valence-corrected chi connectivity index (χ3v) is 7.43. The highest BCUT2D eigenvalue weighted by atomic mass is 79.9. The molecule has 3 nitrogen and oxygen atoms in total. The van der Waals surface area contributed by atoms with Crippen LogP contribution in [-0.2, 0) is 0 Å². The number of carbonyl (C=O) groups excluding carboxylic acids is 1. The van der Waals surface area contributed by atoms with Crippen molar-refractivity contribution in [3.05, 3.63) is 110 Å². The van der Waals surface area contributed by atoms with E-state index < -0.39 is 0 Å². The average molecular weight is 540 g/mol. The Morgan fingerprint density at radius 3 is 2.33 bits per heavy atom. The second kappa shape index (κ2) is 9.46. The third kappa shape index (κ3) is 4.52. The first-order chi connectivity index (χ1) is 16.0. The molecule has 5 rings (SSSR count). The minimum atomic E-state index is -0.175. The summed E-state index contributed by atoms with van der Waals surface area (Å²) >= 11 is 15.8. The molecule has 0 saturated heterocycles. The SMILES string of the molecule is O=C(c1ccccc1Br)N1N=C2/C(=C\c3ccc(Cl)cc3)CCC[C@H]2[C@@H]1c1ccc(Cl)cc1. The number of hydrogen-bond acceptors (Lipinski definition) is 2. The highest BCUT2D eigenvalue weighted by Crippen LogP contribution is 2.45. The topological polar surface area (TPSA) is 32.7 Å². The van der Waals surface area contributed by atoms with E-state index in [1.165, 1.54) is 5.57 Å². The van der Waals surface area contributed by atoms with Crippen LogP contribution in [0.4, 0.5) is 0 Å². The molecule has 0 radical (unpaired) electrons. The lowest BCUT2D eigenvalue weighted by Gasteiger charge is -2.30. The van der Waals surface area contributed by atoms with E-state index in [0.717, 1.165) is 40.6 Å². The van der Waals surface area contributed by atoms with E-state index in [4.69, 9.17) is 28.3 Å². The molecule has 0 aromatic heterocycles. The van der Waals surface area contributed by atoms with Crippen LogP contribution in [0.15, 0.2) is 87.9 Å². The van der Waals surface area contributed by atoms with Crippen LogP contribution < -0.4 is 0 Å². The number of amides is 1. The fourth-order valence-electron chi connectivity index (χ4n) is 4.68. The standard InChI is InChI=1S/C27H21BrCl2N2O/c28-24-7-2-1-5-22(24)27(33)32-26(18-10-14-21(30)15-11-18)23-6-3-4-19(25(23)31-32)16-17-8-12-20(29)13-9-17/h1-2,5,7-16,23,26H,3-4,6H2/b19-16-/t23-,26+/m1/s1. The molecule has 3 aromatic carbocycles. The molecule has 1 heterocycles. The Hall–Kier alpha value is -2.40. The molecule has 0 N–H and O–H groups in total. The molecule has 0 spiro atoms. The van der Waals surface area contributed by atoms with E-state index in [1.807, 2.05) is 72.8 Å². The van der Waals surface area contributed by atoms with Crippen LogP contribution in [0.2, 0.25) is 10.0 Å². The highest BCUT2D eigenvalue weighted by molar-refractivity contribution is 9.10. The van der Waals surface area contributed by atoms with E-state index in [0.29, 0.717) is 15.6 Å². The summed E-state index contributed by atoms with van der Waals surface area (Å²) in [5.74, 6) is 0.0140. The lowest BCUT2D eigenvalue weighted by atomic mass is 9.77. The molecule has 0 unspecified atom stereocenters. The number of hydrazone groups is 1. The number of nitrogens with zero attached hydrogens (tertiary/aromatic N) is 2. The van der Waals surface area contributed by atoms with Gasteiger partial charge in [0.1, 0.15) is 0 Å². The number of rotatable bonds is 3. The van der Waals surface area contributed by atoms with Gasteiger partial charge in [0.25, 0.3) is 5.91 Å². The van der Waals surface area contributed by atoms with Gasteiger partial charge in [-0.05, 0) is 94.4 Å². The molecule has 3 aromatic rings. The van der Waals surface area contributed by atoms with Gasteiger partial charge in [0.15, 0.2) is 0 Å². The molecule has 1 aliphatic carbocycles. The number of allylic oxidation sites excluding steroid dienone is 1. The van der Waals surface area contributed by atoms with Crippen molar-refractivity contribution in [2.24, 2.45) is 11.0 Å². The minimum Gasteiger partial charge on any atom is -0.267 e. The highest BCUT2D eigenvalue weighted by Gasteiger charge is 2.44. The zero-order valence-corrected chi connectivity index (χ0v) is 20.8. The Morgan fingerprint density at radius 1 is 0.970 bits per heavy atom. The summed E-state index contributed by atoms with van der Waals surface area (Å²) in [6.45, 7) is 0. The van der Waals surface area contributed by atoms with Gasteiger partial charge in [-0.25, -0.2) is 5.01 Å². The summed E-state index contributed by atoms with van der Waals surface area (Å²) in [5.41, 5.74) is 4.89. The van der Waals surface area contributed by atoms with Crippen molar-refractivity contribution in [3.63, 3.8) is 0 Å². The third-order valence-electron chi connectivity index (χ3n) is 6.24. The number of hydrogen-bond donors (Lipinski definition) is 0. The number of fused-ring (bicyclic) bond motifs is 1. The van der Waals surface area contributed by atoms with Crippen LogP contribution in [-0.4, -0.2) is 16.6 Å². The Morgan fingerprint density at radius 2 is 1.64 bits per heavy atom. The van der Waals surface area contributed by atoms with Gasteiger partial charge >= 0.3 is 0 Å². The molecular weight excluding hydrogens is 519 g/mol. The maximum Gasteiger partial charge on any atom is 0.275 e.